The van der Waals surface area contributed by atoms with Gasteiger partial charge >= 0.3 is 0 Å². The topological polar surface area (TPSA) is 30.9 Å². The van der Waals surface area contributed by atoms with Crippen molar-refractivity contribution in [2.24, 2.45) is 5.73 Å². The third kappa shape index (κ3) is 2.74. The molecule has 20 heavy (non-hydrogen) atoms. The Bertz CT molecular complexity index is 621. The molecule has 1 unspecified atom stereocenters. The number of aromatic nitrogens is 1. The average molecular weight is 293 g/mol. The van der Waals surface area contributed by atoms with Gasteiger partial charge in [0, 0.05) is 25.0 Å². The van der Waals surface area contributed by atoms with Crippen LogP contribution in [-0.4, -0.2) is 4.57 Å². The van der Waals surface area contributed by atoms with Gasteiger partial charge in [0.25, 0.3) is 0 Å². The second-order valence-electron chi connectivity index (χ2n) is 5.51. The highest BCUT2D eigenvalue weighted by atomic mass is 35.5. The number of hydrogen-bond donors (Lipinski definition) is 1. The summed E-state index contributed by atoms with van der Waals surface area (Å²) in [5.41, 5.74) is 9.82. The molecule has 0 bridgehead atoms. The molecule has 1 heterocycles. The second kappa shape index (κ2) is 5.58. The van der Waals surface area contributed by atoms with Crippen molar-refractivity contribution in [2.45, 2.75) is 38.3 Å². The minimum absolute atomic E-state index is 0.144. The Morgan fingerprint density at radius 1 is 1.30 bits per heavy atom. The third-order valence-corrected chi connectivity index (χ3v) is 4.25. The van der Waals surface area contributed by atoms with Crippen LogP contribution in [0.5, 0.6) is 0 Å². The maximum absolute atomic E-state index is 13.2. The summed E-state index contributed by atoms with van der Waals surface area (Å²) in [5.74, 6) is -0.374. The van der Waals surface area contributed by atoms with Crippen molar-refractivity contribution in [3.05, 3.63) is 58.1 Å². The average Bonchev–Trinajstić information content (AvgIpc) is 2.74. The lowest BCUT2D eigenvalue weighted by atomic mass is 10.1. The Hall–Kier alpha value is -1.32. The van der Waals surface area contributed by atoms with E-state index in [0.29, 0.717) is 6.54 Å². The maximum Gasteiger partial charge on any atom is 0.141 e. The molecule has 2 N–H and O–H groups in total. The van der Waals surface area contributed by atoms with Crippen molar-refractivity contribution in [3.8, 4) is 0 Å². The fourth-order valence-corrected chi connectivity index (χ4v) is 3.09. The van der Waals surface area contributed by atoms with E-state index in [1.54, 1.807) is 12.1 Å². The van der Waals surface area contributed by atoms with Crippen LogP contribution in [0.1, 0.15) is 42.0 Å². The van der Waals surface area contributed by atoms with Crippen LogP contribution in [0.25, 0.3) is 0 Å². The Kier molecular flexibility index (Phi) is 3.81. The number of fused-ring (bicyclic) bond motifs is 1. The first-order valence-electron chi connectivity index (χ1n) is 7.01. The van der Waals surface area contributed by atoms with E-state index in [1.807, 2.05) is 0 Å². The highest BCUT2D eigenvalue weighted by Gasteiger charge is 2.17. The van der Waals surface area contributed by atoms with E-state index in [1.165, 1.54) is 30.0 Å². The summed E-state index contributed by atoms with van der Waals surface area (Å²) in [6.45, 7) is 0.694. The van der Waals surface area contributed by atoms with E-state index in [2.05, 4.69) is 17.0 Å². The summed E-state index contributed by atoms with van der Waals surface area (Å²) >= 11 is 5.82. The van der Waals surface area contributed by atoms with Crippen molar-refractivity contribution in [1.29, 1.82) is 0 Å². The third-order valence-electron chi connectivity index (χ3n) is 3.96. The molecule has 1 aliphatic carbocycles. The molecule has 0 saturated heterocycles. The molecule has 1 aromatic heterocycles. The lowest BCUT2D eigenvalue weighted by molar-refractivity contribution is 0.609. The molecule has 0 fully saturated rings. The number of halogens is 2. The number of aryl methyl sites for hydroxylation is 1. The molecule has 3 rings (SSSR count). The highest BCUT2D eigenvalue weighted by Crippen LogP contribution is 2.28. The van der Waals surface area contributed by atoms with Crippen LogP contribution in [0.3, 0.4) is 0 Å². The van der Waals surface area contributed by atoms with E-state index in [0.717, 1.165) is 18.4 Å². The van der Waals surface area contributed by atoms with Crippen molar-refractivity contribution in [3.63, 3.8) is 0 Å². The van der Waals surface area contributed by atoms with Gasteiger partial charge in [0.2, 0.25) is 0 Å². The molecular formula is C16H18ClFN2. The Labute approximate surface area is 123 Å². The molecule has 2 nitrogen and oxygen atoms in total. The van der Waals surface area contributed by atoms with Gasteiger partial charge in [0.15, 0.2) is 0 Å². The largest absolute Gasteiger partial charge is 0.349 e. The van der Waals surface area contributed by atoms with Gasteiger partial charge in [-0.2, -0.15) is 0 Å². The van der Waals surface area contributed by atoms with Crippen LogP contribution in [0, 0.1) is 5.82 Å². The molecule has 4 heteroatoms. The standard InChI is InChI=1S/C16H18ClFN2/c17-14-7-11(5-6-15(14)18)8-20-9-12-3-1-2-4-16(19)13(12)10-20/h5-7,9-10,16H,1-4,8,19H2. The van der Waals surface area contributed by atoms with E-state index < -0.39 is 0 Å². The van der Waals surface area contributed by atoms with Gasteiger partial charge in [-0.1, -0.05) is 24.1 Å². The zero-order valence-electron chi connectivity index (χ0n) is 11.3. The Morgan fingerprint density at radius 2 is 2.15 bits per heavy atom. The van der Waals surface area contributed by atoms with Crippen molar-refractivity contribution in [2.75, 3.05) is 0 Å². The Morgan fingerprint density at radius 3 is 2.95 bits per heavy atom. The summed E-state index contributed by atoms with van der Waals surface area (Å²) in [5, 5.41) is 0.174. The summed E-state index contributed by atoms with van der Waals surface area (Å²) in [6, 6.07) is 5.01. The van der Waals surface area contributed by atoms with E-state index in [9.17, 15) is 4.39 Å². The summed E-state index contributed by atoms with van der Waals surface area (Å²) in [4.78, 5) is 0. The SMILES string of the molecule is NC1CCCCc2cn(Cc3ccc(F)c(Cl)c3)cc21. The number of benzene rings is 1. The lowest BCUT2D eigenvalue weighted by Gasteiger charge is -2.08. The first kappa shape index (κ1) is 13.7. The van der Waals surface area contributed by atoms with Gasteiger partial charge in [0.1, 0.15) is 5.82 Å². The smallest absolute Gasteiger partial charge is 0.141 e. The fourth-order valence-electron chi connectivity index (χ4n) is 2.89. The minimum atomic E-state index is -0.374. The molecule has 106 valence electrons. The summed E-state index contributed by atoms with van der Waals surface area (Å²) in [6.07, 6.45) is 8.84. The van der Waals surface area contributed by atoms with E-state index >= 15 is 0 Å². The monoisotopic (exact) mass is 292 g/mol. The van der Waals surface area contributed by atoms with Gasteiger partial charge in [-0.3, -0.25) is 0 Å². The van der Waals surface area contributed by atoms with Crippen LogP contribution < -0.4 is 5.73 Å². The molecule has 0 aliphatic heterocycles. The number of hydrogen-bond acceptors (Lipinski definition) is 1. The van der Waals surface area contributed by atoms with E-state index in [4.69, 9.17) is 17.3 Å². The second-order valence-corrected chi connectivity index (χ2v) is 5.92. The van der Waals surface area contributed by atoms with Crippen molar-refractivity contribution in [1.82, 2.24) is 4.57 Å². The number of nitrogens with zero attached hydrogens (tertiary/aromatic N) is 1. The van der Waals surface area contributed by atoms with Crippen LogP contribution >= 0.6 is 11.6 Å². The predicted octanol–water partition coefficient (Wildman–Crippen LogP) is 4.06. The van der Waals surface area contributed by atoms with Crippen molar-refractivity contribution < 1.29 is 4.39 Å². The van der Waals surface area contributed by atoms with Gasteiger partial charge in [-0.15, -0.1) is 0 Å². The van der Waals surface area contributed by atoms with Gasteiger partial charge in [-0.05, 0) is 48.1 Å². The molecular weight excluding hydrogens is 275 g/mol. The molecule has 1 aliphatic rings. The molecule has 0 saturated carbocycles. The summed E-state index contributed by atoms with van der Waals surface area (Å²) in [7, 11) is 0. The molecule has 0 amide bonds. The highest BCUT2D eigenvalue weighted by molar-refractivity contribution is 6.30. The van der Waals surface area contributed by atoms with Crippen LogP contribution in [0.15, 0.2) is 30.6 Å². The van der Waals surface area contributed by atoms with Crippen LogP contribution in [0.4, 0.5) is 4.39 Å². The molecule has 0 spiro atoms. The van der Waals surface area contributed by atoms with Gasteiger partial charge in [0.05, 0.1) is 5.02 Å². The van der Waals surface area contributed by atoms with Crippen LogP contribution in [-0.2, 0) is 13.0 Å². The quantitative estimate of drug-likeness (QED) is 0.832. The number of nitrogens with two attached hydrogens (primary N) is 1. The van der Waals surface area contributed by atoms with Crippen molar-refractivity contribution >= 4 is 11.6 Å². The Balaban J connectivity index is 1.84. The lowest BCUT2D eigenvalue weighted by Crippen LogP contribution is -2.09. The number of rotatable bonds is 2. The minimum Gasteiger partial charge on any atom is -0.349 e. The first-order chi connectivity index (χ1) is 9.63. The zero-order valence-corrected chi connectivity index (χ0v) is 12.0. The molecule has 2 aromatic rings. The summed E-state index contributed by atoms with van der Waals surface area (Å²) < 4.78 is 15.3. The van der Waals surface area contributed by atoms with Gasteiger partial charge < -0.3 is 10.3 Å². The van der Waals surface area contributed by atoms with E-state index in [-0.39, 0.29) is 16.9 Å². The van der Waals surface area contributed by atoms with Gasteiger partial charge in [-0.25, -0.2) is 4.39 Å². The first-order valence-corrected chi connectivity index (χ1v) is 7.39. The fraction of sp³-hybridized carbons (Fsp3) is 0.375. The normalized spacial score (nSPS) is 18.6. The van der Waals surface area contributed by atoms with Crippen LogP contribution in [0.2, 0.25) is 5.02 Å². The maximum atomic E-state index is 13.2. The zero-order chi connectivity index (χ0) is 14.1. The predicted molar refractivity (Wildman–Crippen MR) is 79.4 cm³/mol. The molecule has 0 radical (unpaired) electrons. The molecule has 1 atom stereocenters. The molecule has 1 aromatic carbocycles.